The van der Waals surface area contributed by atoms with Crippen LogP contribution in [-0.2, 0) is 6.54 Å². The minimum Gasteiger partial charge on any atom is -0.423 e. The molecule has 0 N–H and O–H groups in total. The van der Waals surface area contributed by atoms with E-state index in [4.69, 9.17) is 8.83 Å². The van der Waals surface area contributed by atoms with E-state index in [1.807, 2.05) is 19.9 Å². The molecule has 2 aromatic carbocycles. The Labute approximate surface area is 152 Å². The highest BCUT2D eigenvalue weighted by atomic mass is 19.1. The normalized spacial score (nSPS) is 11.2. The lowest BCUT2D eigenvalue weighted by Crippen LogP contribution is -2.17. The minimum atomic E-state index is -0.667. The Kier molecular flexibility index (Phi) is 3.99. The van der Waals surface area contributed by atoms with E-state index in [9.17, 15) is 14.0 Å². The van der Waals surface area contributed by atoms with Crippen LogP contribution in [0, 0.1) is 19.7 Å². The molecule has 6 nitrogen and oxygen atoms in total. The smallest absolute Gasteiger partial charge is 0.423 e. The molecule has 0 saturated heterocycles. The van der Waals surface area contributed by atoms with Crippen LogP contribution < -0.4 is 11.4 Å². The number of rotatable bonds is 3. The molecule has 0 fully saturated rings. The summed E-state index contributed by atoms with van der Waals surface area (Å²) in [7, 11) is 0. The standard InChI is InChI=1S/C20H15FN2O4/c1-11-7-16-14(9-18(24)26-17(16)8-12(11)2)10-23-20(25)27-19(22-23)13-3-5-15(21)6-4-13/h3-9H,10H2,1-2H3. The van der Waals surface area contributed by atoms with Crippen molar-refractivity contribution in [3.63, 3.8) is 0 Å². The maximum absolute atomic E-state index is 13.1. The van der Waals surface area contributed by atoms with Gasteiger partial charge in [-0.1, -0.05) is 0 Å². The van der Waals surface area contributed by atoms with Gasteiger partial charge in [-0.2, -0.15) is 4.68 Å². The van der Waals surface area contributed by atoms with Crippen LogP contribution >= 0.6 is 0 Å². The lowest BCUT2D eigenvalue weighted by atomic mass is 10.0. The van der Waals surface area contributed by atoms with Crippen LogP contribution in [0.3, 0.4) is 0 Å². The van der Waals surface area contributed by atoms with E-state index in [1.165, 1.54) is 30.3 Å². The molecule has 0 bridgehead atoms. The molecule has 0 aliphatic heterocycles. The fourth-order valence-corrected chi connectivity index (χ4v) is 2.89. The highest BCUT2D eigenvalue weighted by Gasteiger charge is 2.14. The van der Waals surface area contributed by atoms with E-state index < -0.39 is 17.2 Å². The second-order valence-electron chi connectivity index (χ2n) is 6.36. The molecule has 2 heterocycles. The Bertz CT molecular complexity index is 1270. The first-order valence-electron chi connectivity index (χ1n) is 8.28. The van der Waals surface area contributed by atoms with Gasteiger partial charge in [0.2, 0.25) is 5.89 Å². The van der Waals surface area contributed by atoms with Gasteiger partial charge in [0.05, 0.1) is 6.54 Å². The molecule has 136 valence electrons. The van der Waals surface area contributed by atoms with Gasteiger partial charge in [-0.15, -0.1) is 5.10 Å². The summed E-state index contributed by atoms with van der Waals surface area (Å²) < 4.78 is 24.6. The van der Waals surface area contributed by atoms with Crippen LogP contribution in [0.2, 0.25) is 0 Å². The first-order chi connectivity index (χ1) is 12.9. The third-order valence-electron chi connectivity index (χ3n) is 4.46. The van der Waals surface area contributed by atoms with Gasteiger partial charge in [0.25, 0.3) is 0 Å². The van der Waals surface area contributed by atoms with E-state index in [2.05, 4.69) is 5.10 Å². The summed E-state index contributed by atoms with van der Waals surface area (Å²) in [5.74, 6) is -0.979. The van der Waals surface area contributed by atoms with Crippen molar-refractivity contribution in [1.82, 2.24) is 9.78 Å². The summed E-state index contributed by atoms with van der Waals surface area (Å²) in [4.78, 5) is 24.1. The quantitative estimate of drug-likeness (QED) is 0.519. The molecule has 7 heteroatoms. The molecule has 0 amide bonds. The van der Waals surface area contributed by atoms with Crippen molar-refractivity contribution < 1.29 is 13.2 Å². The molecule has 0 unspecified atom stereocenters. The number of nitrogens with zero attached hydrogens (tertiary/aromatic N) is 2. The summed E-state index contributed by atoms with van der Waals surface area (Å²) in [6.45, 7) is 3.94. The largest absolute Gasteiger partial charge is 0.437 e. The van der Waals surface area contributed by atoms with Gasteiger partial charge < -0.3 is 8.83 Å². The average Bonchev–Trinajstić information content (AvgIpc) is 2.98. The second kappa shape index (κ2) is 6.35. The highest BCUT2D eigenvalue weighted by molar-refractivity contribution is 5.81. The van der Waals surface area contributed by atoms with E-state index in [1.54, 1.807) is 6.07 Å². The molecule has 2 aromatic heterocycles. The van der Waals surface area contributed by atoms with Gasteiger partial charge in [0.15, 0.2) is 0 Å². The average molecular weight is 366 g/mol. The van der Waals surface area contributed by atoms with Crippen LogP contribution in [-0.4, -0.2) is 9.78 Å². The number of halogens is 1. The fourth-order valence-electron chi connectivity index (χ4n) is 2.89. The first kappa shape index (κ1) is 17.0. The summed E-state index contributed by atoms with van der Waals surface area (Å²) in [6, 6.07) is 10.5. The van der Waals surface area contributed by atoms with Crippen molar-refractivity contribution in [2.45, 2.75) is 20.4 Å². The Hall–Kier alpha value is -3.48. The number of hydrogen-bond acceptors (Lipinski definition) is 5. The Balaban J connectivity index is 1.79. The molecule has 0 aliphatic rings. The van der Waals surface area contributed by atoms with Crippen LogP contribution in [0.1, 0.15) is 16.7 Å². The summed E-state index contributed by atoms with van der Waals surface area (Å²) in [5, 5.41) is 4.90. The third kappa shape index (κ3) is 3.19. The zero-order chi connectivity index (χ0) is 19.1. The number of benzene rings is 2. The molecule has 0 saturated carbocycles. The van der Waals surface area contributed by atoms with Gasteiger partial charge in [-0.25, -0.2) is 14.0 Å². The predicted molar refractivity (Wildman–Crippen MR) is 97.2 cm³/mol. The maximum Gasteiger partial charge on any atom is 0.437 e. The van der Waals surface area contributed by atoms with Gasteiger partial charge >= 0.3 is 11.4 Å². The van der Waals surface area contributed by atoms with Crippen molar-refractivity contribution in [3.05, 3.63) is 85.9 Å². The molecule has 4 rings (SSSR count). The van der Waals surface area contributed by atoms with Crippen LogP contribution in [0.25, 0.3) is 22.4 Å². The Morgan fingerprint density at radius 1 is 1.00 bits per heavy atom. The lowest BCUT2D eigenvalue weighted by molar-refractivity contribution is 0.494. The number of hydrogen-bond donors (Lipinski definition) is 0. The van der Waals surface area contributed by atoms with Gasteiger partial charge in [0, 0.05) is 17.0 Å². The Morgan fingerprint density at radius 2 is 1.70 bits per heavy atom. The van der Waals surface area contributed by atoms with Gasteiger partial charge in [-0.3, -0.25) is 0 Å². The van der Waals surface area contributed by atoms with Crippen molar-refractivity contribution >= 4 is 11.0 Å². The van der Waals surface area contributed by atoms with Gasteiger partial charge in [0.1, 0.15) is 11.4 Å². The maximum atomic E-state index is 13.1. The van der Waals surface area contributed by atoms with Crippen molar-refractivity contribution in [3.8, 4) is 11.5 Å². The molecule has 0 atom stereocenters. The topological polar surface area (TPSA) is 78.2 Å². The van der Waals surface area contributed by atoms with Crippen molar-refractivity contribution in [1.29, 1.82) is 0 Å². The molecule has 0 aliphatic carbocycles. The monoisotopic (exact) mass is 366 g/mol. The van der Waals surface area contributed by atoms with Crippen molar-refractivity contribution in [2.24, 2.45) is 0 Å². The van der Waals surface area contributed by atoms with Gasteiger partial charge in [-0.05, 0) is 66.9 Å². The second-order valence-corrected chi connectivity index (χ2v) is 6.36. The van der Waals surface area contributed by atoms with E-state index in [-0.39, 0.29) is 12.4 Å². The van der Waals surface area contributed by atoms with E-state index in [0.29, 0.717) is 16.7 Å². The zero-order valence-corrected chi connectivity index (χ0v) is 14.7. The number of fused-ring (bicyclic) bond motifs is 1. The van der Waals surface area contributed by atoms with E-state index >= 15 is 0 Å². The van der Waals surface area contributed by atoms with E-state index in [0.717, 1.165) is 21.2 Å². The van der Waals surface area contributed by atoms with Crippen LogP contribution in [0.5, 0.6) is 0 Å². The van der Waals surface area contributed by atoms with Crippen molar-refractivity contribution in [2.75, 3.05) is 0 Å². The molecule has 4 aromatic rings. The SMILES string of the molecule is Cc1cc2oc(=O)cc(Cn3nc(-c4ccc(F)cc4)oc3=O)c2cc1C. The van der Waals surface area contributed by atoms with Crippen LogP contribution in [0.4, 0.5) is 4.39 Å². The summed E-state index contributed by atoms with van der Waals surface area (Å²) in [6.07, 6.45) is 0. The van der Waals surface area contributed by atoms with Crippen LogP contribution in [0.15, 0.2) is 60.9 Å². The molecular weight excluding hydrogens is 351 g/mol. The fraction of sp³-hybridized carbons (Fsp3) is 0.150. The molecule has 0 spiro atoms. The predicted octanol–water partition coefficient (Wildman–Crippen LogP) is 3.41. The highest BCUT2D eigenvalue weighted by Crippen LogP contribution is 2.22. The molecule has 0 radical (unpaired) electrons. The zero-order valence-electron chi connectivity index (χ0n) is 14.7. The molecule has 27 heavy (non-hydrogen) atoms. The first-order valence-corrected chi connectivity index (χ1v) is 8.28. The lowest BCUT2D eigenvalue weighted by Gasteiger charge is -2.07. The number of aromatic nitrogens is 2. The summed E-state index contributed by atoms with van der Waals surface area (Å²) in [5.41, 5.74) is 3.07. The third-order valence-corrected chi connectivity index (χ3v) is 4.46. The minimum absolute atomic E-state index is 0.0497. The molecular formula is C20H15FN2O4. The Morgan fingerprint density at radius 3 is 2.44 bits per heavy atom. The number of aryl methyl sites for hydroxylation is 2. The summed E-state index contributed by atoms with van der Waals surface area (Å²) >= 11 is 0.